The van der Waals surface area contributed by atoms with Crippen molar-refractivity contribution in [1.29, 1.82) is 0 Å². The summed E-state index contributed by atoms with van der Waals surface area (Å²) >= 11 is 0. The zero-order valence-corrected chi connectivity index (χ0v) is 18.1. The highest BCUT2D eigenvalue weighted by atomic mass is 16.5. The van der Waals surface area contributed by atoms with Gasteiger partial charge in [0, 0.05) is 23.4 Å². The summed E-state index contributed by atoms with van der Waals surface area (Å²) in [5, 5.41) is 0. The lowest BCUT2D eigenvalue weighted by Gasteiger charge is -2.57. The van der Waals surface area contributed by atoms with E-state index in [4.69, 9.17) is 4.74 Å². The van der Waals surface area contributed by atoms with Crippen LogP contribution in [-0.2, 0) is 12.0 Å². The molecule has 4 bridgehead atoms. The van der Waals surface area contributed by atoms with Gasteiger partial charge in [0.1, 0.15) is 5.75 Å². The number of rotatable bonds is 2. The van der Waals surface area contributed by atoms with Gasteiger partial charge < -0.3 is 9.64 Å². The fourth-order valence-corrected chi connectivity index (χ4v) is 7.81. The van der Waals surface area contributed by atoms with Crippen molar-refractivity contribution in [2.24, 2.45) is 17.8 Å². The van der Waals surface area contributed by atoms with Crippen molar-refractivity contribution in [3.8, 4) is 5.75 Å². The van der Waals surface area contributed by atoms with Crippen molar-refractivity contribution in [3.63, 3.8) is 0 Å². The third kappa shape index (κ3) is 2.75. The van der Waals surface area contributed by atoms with E-state index in [-0.39, 0.29) is 0 Å². The molecule has 5 aliphatic rings. The van der Waals surface area contributed by atoms with E-state index in [1.807, 2.05) is 0 Å². The first kappa shape index (κ1) is 17.9. The molecule has 2 nitrogen and oxygen atoms in total. The number of aryl methyl sites for hydroxylation is 3. The molecule has 4 saturated carbocycles. The van der Waals surface area contributed by atoms with Gasteiger partial charge in [-0.3, -0.25) is 0 Å². The average Bonchev–Trinajstić information content (AvgIpc) is 2.66. The first-order valence-electron chi connectivity index (χ1n) is 11.6. The third-order valence-electron chi connectivity index (χ3n) is 8.40. The van der Waals surface area contributed by atoms with Gasteiger partial charge in [0.15, 0.2) is 6.73 Å². The molecule has 0 amide bonds. The van der Waals surface area contributed by atoms with Crippen molar-refractivity contribution in [3.05, 3.63) is 58.1 Å². The van der Waals surface area contributed by atoms with Gasteiger partial charge in [-0.2, -0.15) is 0 Å². The van der Waals surface area contributed by atoms with Crippen LogP contribution < -0.4 is 9.64 Å². The number of anilines is 1. The van der Waals surface area contributed by atoms with Crippen LogP contribution in [0.1, 0.15) is 66.3 Å². The summed E-state index contributed by atoms with van der Waals surface area (Å²) in [5.41, 5.74) is 8.78. The number of fused-ring (bicyclic) bond motifs is 1. The molecule has 2 aromatic rings. The third-order valence-corrected chi connectivity index (χ3v) is 8.40. The Hall–Kier alpha value is -1.96. The molecule has 7 rings (SSSR count). The highest BCUT2D eigenvalue weighted by Crippen LogP contribution is 2.62. The van der Waals surface area contributed by atoms with Gasteiger partial charge in [-0.05, 0) is 93.6 Å². The number of hydrogen-bond acceptors (Lipinski definition) is 2. The lowest BCUT2D eigenvalue weighted by atomic mass is 9.48. The second-order valence-electron chi connectivity index (χ2n) is 10.7. The van der Waals surface area contributed by atoms with E-state index < -0.39 is 0 Å². The molecule has 1 heterocycles. The summed E-state index contributed by atoms with van der Waals surface area (Å²) in [6, 6.07) is 11.5. The minimum absolute atomic E-state index is 0.394. The standard InChI is InChI=1S/C27H33NO/c1-17-7-23-15-28(25-18(2)5-4-6-19(25)3)16-29-26(23)24(8-17)27-12-20-9-21(13-27)11-22(10-20)14-27/h4-8,20-22H,9-16H2,1-3H3. The fourth-order valence-electron chi connectivity index (χ4n) is 7.81. The normalized spacial score (nSPS) is 32.2. The summed E-state index contributed by atoms with van der Waals surface area (Å²) in [5.74, 6) is 4.13. The van der Waals surface area contributed by atoms with Crippen LogP contribution in [0.15, 0.2) is 30.3 Å². The minimum Gasteiger partial charge on any atom is -0.472 e. The second-order valence-corrected chi connectivity index (χ2v) is 10.7. The lowest BCUT2D eigenvalue weighted by molar-refractivity contribution is -0.00661. The smallest absolute Gasteiger partial charge is 0.161 e. The van der Waals surface area contributed by atoms with Crippen LogP contribution in [0.2, 0.25) is 0 Å². The Morgan fingerprint density at radius 2 is 1.52 bits per heavy atom. The highest BCUT2D eigenvalue weighted by molar-refractivity contribution is 5.61. The lowest BCUT2D eigenvalue weighted by Crippen LogP contribution is -2.49. The summed E-state index contributed by atoms with van der Waals surface area (Å²) in [6.07, 6.45) is 8.69. The van der Waals surface area contributed by atoms with Crippen LogP contribution in [-0.4, -0.2) is 6.73 Å². The average molecular weight is 388 g/mol. The zero-order valence-electron chi connectivity index (χ0n) is 18.1. The minimum atomic E-state index is 0.394. The Kier molecular flexibility index (Phi) is 3.86. The molecule has 2 aromatic carbocycles. The number of para-hydroxylation sites is 1. The monoisotopic (exact) mass is 387 g/mol. The van der Waals surface area contributed by atoms with E-state index >= 15 is 0 Å². The topological polar surface area (TPSA) is 12.5 Å². The molecule has 0 unspecified atom stereocenters. The van der Waals surface area contributed by atoms with Gasteiger partial charge in [0.25, 0.3) is 0 Å². The van der Waals surface area contributed by atoms with Gasteiger partial charge in [-0.15, -0.1) is 0 Å². The van der Waals surface area contributed by atoms with E-state index in [0.29, 0.717) is 12.1 Å². The molecule has 29 heavy (non-hydrogen) atoms. The van der Waals surface area contributed by atoms with Crippen LogP contribution in [0, 0.1) is 38.5 Å². The molecular weight excluding hydrogens is 354 g/mol. The summed E-state index contributed by atoms with van der Waals surface area (Å²) < 4.78 is 6.60. The maximum atomic E-state index is 6.60. The van der Waals surface area contributed by atoms with E-state index in [0.717, 1.165) is 24.3 Å². The van der Waals surface area contributed by atoms with Crippen molar-refractivity contribution in [1.82, 2.24) is 0 Å². The van der Waals surface area contributed by atoms with E-state index in [1.54, 1.807) is 5.56 Å². The quantitative estimate of drug-likeness (QED) is 0.588. The first-order chi connectivity index (χ1) is 14.0. The molecule has 1 aliphatic heterocycles. The highest BCUT2D eigenvalue weighted by Gasteiger charge is 2.53. The number of hydrogen-bond donors (Lipinski definition) is 0. The molecule has 4 aliphatic carbocycles. The predicted octanol–water partition coefficient (Wildman–Crippen LogP) is 6.44. The fraction of sp³-hybridized carbons (Fsp3) is 0.556. The first-order valence-corrected chi connectivity index (χ1v) is 11.6. The molecule has 152 valence electrons. The summed E-state index contributed by atoms with van der Waals surface area (Å²) in [6.45, 7) is 8.34. The van der Waals surface area contributed by atoms with Gasteiger partial charge >= 0.3 is 0 Å². The van der Waals surface area contributed by atoms with Crippen LogP contribution in [0.5, 0.6) is 5.75 Å². The van der Waals surface area contributed by atoms with Crippen LogP contribution in [0.4, 0.5) is 5.69 Å². The predicted molar refractivity (Wildman–Crippen MR) is 119 cm³/mol. The van der Waals surface area contributed by atoms with Crippen LogP contribution in [0.25, 0.3) is 0 Å². The number of ether oxygens (including phenoxy) is 1. The van der Waals surface area contributed by atoms with Gasteiger partial charge in [0.2, 0.25) is 0 Å². The van der Waals surface area contributed by atoms with Crippen molar-refractivity contribution < 1.29 is 4.74 Å². The van der Waals surface area contributed by atoms with Crippen molar-refractivity contribution in [2.75, 3.05) is 11.6 Å². The summed E-state index contributed by atoms with van der Waals surface area (Å²) in [4.78, 5) is 2.43. The van der Waals surface area contributed by atoms with Gasteiger partial charge in [-0.1, -0.05) is 35.9 Å². The van der Waals surface area contributed by atoms with E-state index in [1.165, 1.54) is 72.2 Å². The Bertz CT molecular complexity index is 919. The Morgan fingerprint density at radius 1 is 0.897 bits per heavy atom. The Labute approximate surface area is 175 Å². The molecule has 0 saturated heterocycles. The maximum absolute atomic E-state index is 6.60. The Balaban J connectivity index is 1.40. The second kappa shape index (κ2) is 6.27. The molecule has 0 radical (unpaired) electrons. The zero-order chi connectivity index (χ0) is 19.8. The molecule has 0 aromatic heterocycles. The molecule has 0 N–H and O–H groups in total. The Morgan fingerprint density at radius 3 is 2.14 bits per heavy atom. The molecular formula is C27H33NO. The number of benzene rings is 2. The SMILES string of the molecule is Cc1cc2c(c(C34CC5CC(CC(C5)C3)C4)c1)OCN(c1c(C)cccc1C)C2. The van der Waals surface area contributed by atoms with Crippen molar-refractivity contribution in [2.45, 2.75) is 71.3 Å². The largest absolute Gasteiger partial charge is 0.472 e. The van der Waals surface area contributed by atoms with E-state index in [9.17, 15) is 0 Å². The number of nitrogens with zero attached hydrogens (tertiary/aromatic N) is 1. The van der Waals surface area contributed by atoms with Crippen LogP contribution in [0.3, 0.4) is 0 Å². The van der Waals surface area contributed by atoms with Gasteiger partial charge in [0.05, 0.1) is 0 Å². The molecule has 0 atom stereocenters. The van der Waals surface area contributed by atoms with Crippen LogP contribution >= 0.6 is 0 Å². The summed E-state index contributed by atoms with van der Waals surface area (Å²) in [7, 11) is 0. The maximum Gasteiger partial charge on any atom is 0.161 e. The van der Waals surface area contributed by atoms with Gasteiger partial charge in [-0.25, -0.2) is 0 Å². The van der Waals surface area contributed by atoms with Crippen molar-refractivity contribution >= 4 is 5.69 Å². The molecule has 4 fully saturated rings. The van der Waals surface area contributed by atoms with E-state index in [2.05, 4.69) is 56.0 Å². The molecule has 0 spiro atoms. The molecule has 2 heteroatoms.